The highest BCUT2D eigenvalue weighted by Crippen LogP contribution is 2.32. The average Bonchev–Trinajstić information content (AvgIpc) is 3.29. The predicted molar refractivity (Wildman–Crippen MR) is 116 cm³/mol. The first-order valence-electron chi connectivity index (χ1n) is 8.62. The van der Waals surface area contributed by atoms with Crippen LogP contribution in [0.3, 0.4) is 0 Å². The lowest BCUT2D eigenvalue weighted by molar-refractivity contribution is 0.617. The number of halogens is 2. The van der Waals surface area contributed by atoms with Crippen LogP contribution < -0.4 is 0 Å². The first-order valence-corrected chi connectivity index (χ1v) is 11.8. The molecule has 9 heteroatoms. The average molecular weight is 451 g/mol. The van der Waals surface area contributed by atoms with E-state index in [0.717, 1.165) is 27.4 Å². The normalized spacial score (nSPS) is 11.4. The van der Waals surface area contributed by atoms with E-state index >= 15 is 0 Å². The Labute approximate surface area is 179 Å². The number of benzene rings is 2. The molecule has 2 heterocycles. The number of aromatic nitrogens is 4. The van der Waals surface area contributed by atoms with Crippen molar-refractivity contribution in [1.82, 2.24) is 19.7 Å². The van der Waals surface area contributed by atoms with Crippen molar-refractivity contribution in [2.24, 2.45) is 0 Å². The molecule has 0 radical (unpaired) electrons. The second-order valence-corrected chi connectivity index (χ2v) is 9.47. The molecular weight excluding hydrogens is 435 g/mol. The number of rotatable bonds is 7. The summed E-state index contributed by atoms with van der Waals surface area (Å²) in [7, 11) is 0. The van der Waals surface area contributed by atoms with E-state index in [2.05, 4.69) is 32.7 Å². The van der Waals surface area contributed by atoms with Gasteiger partial charge in [-0.25, -0.2) is 9.37 Å². The maximum Gasteiger partial charge on any atom is 0.191 e. The Morgan fingerprint density at radius 3 is 2.71 bits per heavy atom. The third kappa shape index (κ3) is 4.20. The zero-order valence-corrected chi connectivity index (χ0v) is 18.1. The van der Waals surface area contributed by atoms with Crippen LogP contribution in [0.25, 0.3) is 10.2 Å². The highest BCUT2D eigenvalue weighted by Gasteiger charge is 2.15. The molecule has 0 saturated heterocycles. The fourth-order valence-corrected chi connectivity index (χ4v) is 6.07. The van der Waals surface area contributed by atoms with Crippen LogP contribution in [0.15, 0.2) is 52.0 Å². The molecule has 4 nitrogen and oxygen atoms in total. The van der Waals surface area contributed by atoms with E-state index in [-0.39, 0.29) is 5.82 Å². The van der Waals surface area contributed by atoms with E-state index in [1.165, 1.54) is 22.5 Å². The summed E-state index contributed by atoms with van der Waals surface area (Å²) in [5, 5.41) is 9.83. The lowest BCUT2D eigenvalue weighted by atomic mass is 10.2. The molecule has 0 amide bonds. The molecule has 0 N–H and O–H groups in total. The van der Waals surface area contributed by atoms with Gasteiger partial charge in [0.1, 0.15) is 11.6 Å². The van der Waals surface area contributed by atoms with Gasteiger partial charge in [0.15, 0.2) is 9.50 Å². The van der Waals surface area contributed by atoms with Crippen molar-refractivity contribution in [1.29, 1.82) is 0 Å². The Balaban J connectivity index is 1.46. The Morgan fingerprint density at radius 1 is 1.07 bits per heavy atom. The number of thiazole rings is 1. The fraction of sp³-hybridized carbons (Fsp3) is 0.211. The topological polar surface area (TPSA) is 43.6 Å². The summed E-state index contributed by atoms with van der Waals surface area (Å²) in [6, 6.07) is 12.8. The fourth-order valence-electron chi connectivity index (χ4n) is 2.70. The van der Waals surface area contributed by atoms with Crippen molar-refractivity contribution in [3.05, 3.63) is 64.7 Å². The van der Waals surface area contributed by atoms with Gasteiger partial charge in [-0.2, -0.15) is 0 Å². The number of hydrogen-bond donors (Lipinski definition) is 0. The molecule has 2 aromatic heterocycles. The van der Waals surface area contributed by atoms with Gasteiger partial charge in [0.2, 0.25) is 0 Å². The minimum absolute atomic E-state index is 0.297. The molecule has 0 aliphatic carbocycles. The number of para-hydroxylation sites is 1. The SMILES string of the molecule is CCn1c(CSc2nc3ccccc3s2)nnc1SCc1c(F)cccc1Cl. The number of fused-ring (bicyclic) bond motifs is 1. The van der Waals surface area contributed by atoms with Gasteiger partial charge in [0.25, 0.3) is 0 Å². The maximum atomic E-state index is 14.0. The van der Waals surface area contributed by atoms with Crippen molar-refractivity contribution >= 4 is 56.7 Å². The van der Waals surface area contributed by atoms with Gasteiger partial charge in [0.05, 0.1) is 16.0 Å². The molecule has 0 bridgehead atoms. The first kappa shape index (κ1) is 19.7. The molecule has 4 aromatic rings. The molecule has 0 unspecified atom stereocenters. The third-order valence-electron chi connectivity index (χ3n) is 4.12. The molecule has 0 saturated carbocycles. The quantitative estimate of drug-likeness (QED) is 0.310. The molecule has 0 aliphatic rings. The summed E-state index contributed by atoms with van der Waals surface area (Å²) in [5.41, 5.74) is 1.51. The zero-order valence-electron chi connectivity index (χ0n) is 14.9. The first-order chi connectivity index (χ1) is 13.7. The molecule has 4 rings (SSSR count). The molecule has 0 spiro atoms. The van der Waals surface area contributed by atoms with Crippen molar-refractivity contribution in [3.8, 4) is 0 Å². The standard InChI is InChI=1S/C19H16ClFN4S3/c1-2-25-17(11-27-19-22-15-8-3-4-9-16(15)28-19)23-24-18(25)26-10-12-13(20)6-5-7-14(12)21/h3-9H,2,10-11H2,1H3. The van der Waals surface area contributed by atoms with E-state index < -0.39 is 0 Å². The lowest BCUT2D eigenvalue weighted by Gasteiger charge is -2.08. The largest absolute Gasteiger partial charge is 0.306 e. The lowest BCUT2D eigenvalue weighted by Crippen LogP contribution is -2.02. The minimum Gasteiger partial charge on any atom is -0.306 e. The van der Waals surface area contributed by atoms with Gasteiger partial charge < -0.3 is 4.57 Å². The van der Waals surface area contributed by atoms with Crippen LogP contribution in [-0.2, 0) is 18.1 Å². The van der Waals surface area contributed by atoms with Crippen molar-refractivity contribution in [2.45, 2.75) is 34.5 Å². The summed E-state index contributed by atoms with van der Waals surface area (Å²) < 4.78 is 18.2. The van der Waals surface area contributed by atoms with Gasteiger partial charge in [-0.05, 0) is 31.2 Å². The molecule has 144 valence electrons. The monoisotopic (exact) mass is 450 g/mol. The second-order valence-electron chi connectivity index (χ2n) is 5.87. The molecule has 0 fully saturated rings. The van der Waals surface area contributed by atoms with Gasteiger partial charge in [-0.1, -0.05) is 53.3 Å². The van der Waals surface area contributed by atoms with Crippen LogP contribution in [0.2, 0.25) is 5.02 Å². The maximum absolute atomic E-state index is 14.0. The smallest absolute Gasteiger partial charge is 0.191 e. The summed E-state index contributed by atoms with van der Waals surface area (Å²) >= 11 is 10.9. The van der Waals surface area contributed by atoms with Gasteiger partial charge in [0, 0.05) is 22.9 Å². The summed E-state index contributed by atoms with van der Waals surface area (Å²) in [6.45, 7) is 2.80. The van der Waals surface area contributed by atoms with Crippen molar-refractivity contribution in [3.63, 3.8) is 0 Å². The van der Waals surface area contributed by atoms with Crippen LogP contribution in [0.4, 0.5) is 4.39 Å². The number of thioether (sulfide) groups is 2. The number of hydrogen-bond acceptors (Lipinski definition) is 6. The Kier molecular flexibility index (Phi) is 6.20. The minimum atomic E-state index is -0.297. The summed E-state index contributed by atoms with van der Waals surface area (Å²) in [5.74, 6) is 1.68. The van der Waals surface area contributed by atoms with Crippen LogP contribution in [0.1, 0.15) is 18.3 Å². The van der Waals surface area contributed by atoms with Gasteiger partial charge in [-0.15, -0.1) is 21.5 Å². The predicted octanol–water partition coefficient (Wildman–Crippen LogP) is 6.28. The van der Waals surface area contributed by atoms with Gasteiger partial charge >= 0.3 is 0 Å². The van der Waals surface area contributed by atoms with E-state index in [1.807, 2.05) is 18.2 Å². The Morgan fingerprint density at radius 2 is 1.93 bits per heavy atom. The molecule has 0 atom stereocenters. The van der Waals surface area contributed by atoms with Crippen LogP contribution in [-0.4, -0.2) is 19.7 Å². The van der Waals surface area contributed by atoms with Crippen LogP contribution in [0.5, 0.6) is 0 Å². The molecule has 28 heavy (non-hydrogen) atoms. The van der Waals surface area contributed by atoms with Crippen molar-refractivity contribution in [2.75, 3.05) is 0 Å². The highest BCUT2D eigenvalue weighted by molar-refractivity contribution is 8.00. The Bertz CT molecular complexity index is 1060. The molecule has 2 aromatic carbocycles. The van der Waals surface area contributed by atoms with E-state index in [1.54, 1.807) is 35.2 Å². The van der Waals surface area contributed by atoms with Crippen molar-refractivity contribution < 1.29 is 4.39 Å². The zero-order chi connectivity index (χ0) is 19.5. The summed E-state index contributed by atoms with van der Waals surface area (Å²) in [6.07, 6.45) is 0. The van der Waals surface area contributed by atoms with E-state index in [0.29, 0.717) is 22.1 Å². The van der Waals surface area contributed by atoms with E-state index in [9.17, 15) is 4.39 Å². The summed E-state index contributed by atoms with van der Waals surface area (Å²) in [4.78, 5) is 4.65. The highest BCUT2D eigenvalue weighted by atomic mass is 35.5. The third-order valence-corrected chi connectivity index (χ3v) is 7.64. The molecule has 0 aliphatic heterocycles. The van der Waals surface area contributed by atoms with Gasteiger partial charge in [-0.3, -0.25) is 0 Å². The number of nitrogens with zero attached hydrogens (tertiary/aromatic N) is 4. The Hall–Kier alpha value is -1.61. The van der Waals surface area contributed by atoms with E-state index in [4.69, 9.17) is 11.6 Å². The second kappa shape index (κ2) is 8.82. The van der Waals surface area contributed by atoms with Crippen LogP contribution >= 0.6 is 46.5 Å². The molecular formula is C19H16ClFN4S3. The van der Waals surface area contributed by atoms with Crippen LogP contribution in [0, 0.1) is 5.82 Å².